The largest absolute Gasteiger partial charge is 0.371 e. The van der Waals surface area contributed by atoms with E-state index in [4.69, 9.17) is 0 Å². The molecule has 2 nitrogen and oxygen atoms in total. The molecule has 1 N–H and O–H groups in total. The molecule has 1 unspecified atom stereocenters. The molecular weight excluding hydrogens is 323 g/mol. The number of benzene rings is 1. The van der Waals surface area contributed by atoms with Crippen molar-refractivity contribution in [1.29, 1.82) is 0 Å². The number of halogens is 1. The van der Waals surface area contributed by atoms with Gasteiger partial charge in [0.15, 0.2) is 0 Å². The maximum atomic E-state index is 3.46. The zero-order valence-electron chi connectivity index (χ0n) is 10.7. The molecule has 0 aliphatic carbocycles. The molecule has 3 heteroatoms. The van der Waals surface area contributed by atoms with Crippen LogP contribution in [0.5, 0.6) is 0 Å². The highest BCUT2D eigenvalue weighted by molar-refractivity contribution is 14.1. The quantitative estimate of drug-likeness (QED) is 0.845. The van der Waals surface area contributed by atoms with E-state index in [2.05, 4.69) is 64.9 Å². The molecule has 94 valence electrons. The van der Waals surface area contributed by atoms with Crippen molar-refractivity contribution in [3.8, 4) is 0 Å². The van der Waals surface area contributed by atoms with Crippen molar-refractivity contribution in [2.75, 3.05) is 31.1 Å². The van der Waals surface area contributed by atoms with Gasteiger partial charge in [-0.3, -0.25) is 0 Å². The van der Waals surface area contributed by atoms with Crippen molar-refractivity contribution in [2.24, 2.45) is 5.92 Å². The predicted molar refractivity (Wildman–Crippen MR) is 82.8 cm³/mol. The highest BCUT2D eigenvalue weighted by atomic mass is 127. The van der Waals surface area contributed by atoms with E-state index in [-0.39, 0.29) is 0 Å². The average molecular weight is 344 g/mol. The number of anilines is 1. The van der Waals surface area contributed by atoms with Crippen LogP contribution >= 0.6 is 22.6 Å². The van der Waals surface area contributed by atoms with Gasteiger partial charge in [-0.05, 0) is 72.6 Å². The predicted octanol–water partition coefficient (Wildman–Crippen LogP) is 3.04. The highest BCUT2D eigenvalue weighted by Gasteiger charge is 2.23. The number of nitrogens with zero attached hydrogens (tertiary/aromatic N) is 1. The number of hydrogen-bond acceptors (Lipinski definition) is 2. The lowest BCUT2D eigenvalue weighted by Crippen LogP contribution is -2.26. The van der Waals surface area contributed by atoms with E-state index in [1.54, 1.807) is 0 Å². The Kier molecular flexibility index (Phi) is 4.68. The van der Waals surface area contributed by atoms with Gasteiger partial charge >= 0.3 is 0 Å². The van der Waals surface area contributed by atoms with Crippen molar-refractivity contribution in [3.63, 3.8) is 0 Å². The molecule has 1 fully saturated rings. The molecule has 0 aromatic heterocycles. The summed E-state index contributed by atoms with van der Waals surface area (Å²) in [4.78, 5) is 2.54. The Hall–Kier alpha value is -0.290. The van der Waals surface area contributed by atoms with E-state index in [0.717, 1.165) is 19.0 Å². The van der Waals surface area contributed by atoms with E-state index in [1.165, 1.54) is 34.3 Å². The molecule has 2 rings (SSSR count). The van der Waals surface area contributed by atoms with Crippen LogP contribution in [0.25, 0.3) is 0 Å². The zero-order valence-corrected chi connectivity index (χ0v) is 12.8. The number of nitrogens with one attached hydrogen (secondary N) is 1. The van der Waals surface area contributed by atoms with Crippen molar-refractivity contribution in [1.82, 2.24) is 5.32 Å². The van der Waals surface area contributed by atoms with Gasteiger partial charge in [0, 0.05) is 22.3 Å². The van der Waals surface area contributed by atoms with E-state index >= 15 is 0 Å². The summed E-state index contributed by atoms with van der Waals surface area (Å²) in [5.74, 6) is 0.812. The van der Waals surface area contributed by atoms with E-state index in [9.17, 15) is 0 Å². The Labute approximate surface area is 118 Å². The minimum atomic E-state index is 0.812. The van der Waals surface area contributed by atoms with Crippen LogP contribution < -0.4 is 10.2 Å². The maximum absolute atomic E-state index is 3.46. The molecule has 0 radical (unpaired) electrons. The molecule has 0 saturated carbocycles. The lowest BCUT2D eigenvalue weighted by molar-refractivity contribution is 0.528. The van der Waals surface area contributed by atoms with Crippen molar-refractivity contribution in [3.05, 3.63) is 27.3 Å². The Balaban J connectivity index is 2.02. The SMILES string of the molecule is CCNCC1CCN(c2cccc(I)c2C)C1. The molecule has 1 saturated heterocycles. The molecule has 1 aliphatic heterocycles. The topological polar surface area (TPSA) is 15.3 Å². The standard InChI is InChI=1S/C14H21IN2/c1-3-16-9-12-7-8-17(10-12)14-6-4-5-13(15)11(14)2/h4-6,12,16H,3,7-10H2,1-2H3. The fraction of sp³-hybridized carbons (Fsp3) is 0.571. The smallest absolute Gasteiger partial charge is 0.0406 e. The van der Waals surface area contributed by atoms with Crippen LogP contribution in [-0.2, 0) is 0 Å². The van der Waals surface area contributed by atoms with Crippen LogP contribution in [0.15, 0.2) is 18.2 Å². The summed E-state index contributed by atoms with van der Waals surface area (Å²) in [6.07, 6.45) is 1.32. The lowest BCUT2D eigenvalue weighted by atomic mass is 10.1. The van der Waals surface area contributed by atoms with Crippen LogP contribution in [-0.4, -0.2) is 26.2 Å². The minimum absolute atomic E-state index is 0.812. The summed E-state index contributed by atoms with van der Waals surface area (Å²) in [5.41, 5.74) is 2.85. The van der Waals surface area contributed by atoms with Gasteiger partial charge in [-0.15, -0.1) is 0 Å². The Morgan fingerprint density at radius 3 is 3.06 bits per heavy atom. The van der Waals surface area contributed by atoms with Crippen LogP contribution in [0.2, 0.25) is 0 Å². The van der Waals surface area contributed by atoms with Gasteiger partial charge in [0.05, 0.1) is 0 Å². The van der Waals surface area contributed by atoms with E-state index < -0.39 is 0 Å². The molecule has 1 aliphatic rings. The fourth-order valence-corrected chi connectivity index (χ4v) is 2.99. The zero-order chi connectivity index (χ0) is 12.3. The summed E-state index contributed by atoms with van der Waals surface area (Å²) < 4.78 is 1.37. The third-order valence-corrected chi connectivity index (χ3v) is 4.72. The summed E-state index contributed by atoms with van der Waals surface area (Å²) >= 11 is 2.43. The molecule has 0 amide bonds. The van der Waals surface area contributed by atoms with Gasteiger partial charge < -0.3 is 10.2 Å². The van der Waals surface area contributed by atoms with Gasteiger partial charge in [0.25, 0.3) is 0 Å². The van der Waals surface area contributed by atoms with Gasteiger partial charge in [-0.25, -0.2) is 0 Å². The average Bonchev–Trinajstić information content (AvgIpc) is 2.78. The molecule has 1 aromatic carbocycles. The molecule has 0 bridgehead atoms. The monoisotopic (exact) mass is 344 g/mol. The van der Waals surface area contributed by atoms with Crippen molar-refractivity contribution < 1.29 is 0 Å². The van der Waals surface area contributed by atoms with E-state index in [1.807, 2.05) is 0 Å². The number of hydrogen-bond donors (Lipinski definition) is 1. The normalized spacial score (nSPS) is 19.9. The summed E-state index contributed by atoms with van der Waals surface area (Å²) in [5, 5.41) is 3.46. The van der Waals surface area contributed by atoms with Gasteiger partial charge in [-0.1, -0.05) is 13.0 Å². The van der Waals surface area contributed by atoms with Gasteiger partial charge in [-0.2, -0.15) is 0 Å². The van der Waals surface area contributed by atoms with Crippen LogP contribution in [0.3, 0.4) is 0 Å². The Morgan fingerprint density at radius 2 is 2.29 bits per heavy atom. The molecular formula is C14H21IN2. The van der Waals surface area contributed by atoms with Crippen molar-refractivity contribution >= 4 is 28.3 Å². The third-order valence-electron chi connectivity index (χ3n) is 3.55. The molecule has 17 heavy (non-hydrogen) atoms. The van der Waals surface area contributed by atoms with Crippen LogP contribution in [0.1, 0.15) is 18.9 Å². The Morgan fingerprint density at radius 1 is 1.47 bits per heavy atom. The Bertz CT molecular complexity index is 378. The second kappa shape index (κ2) is 6.05. The first-order valence-corrected chi connectivity index (χ1v) is 7.51. The van der Waals surface area contributed by atoms with E-state index in [0.29, 0.717) is 0 Å². The second-order valence-corrected chi connectivity index (χ2v) is 5.95. The molecule has 1 aromatic rings. The third kappa shape index (κ3) is 3.13. The van der Waals surface area contributed by atoms with Crippen LogP contribution in [0.4, 0.5) is 5.69 Å². The molecule has 1 heterocycles. The summed E-state index contributed by atoms with van der Waals surface area (Å²) in [6.45, 7) is 9.06. The van der Waals surface area contributed by atoms with Crippen molar-refractivity contribution in [2.45, 2.75) is 20.3 Å². The first-order valence-electron chi connectivity index (χ1n) is 6.43. The fourth-order valence-electron chi connectivity index (χ4n) is 2.51. The highest BCUT2D eigenvalue weighted by Crippen LogP contribution is 2.28. The summed E-state index contributed by atoms with van der Waals surface area (Å²) in [6, 6.07) is 6.61. The first-order chi connectivity index (χ1) is 8.22. The minimum Gasteiger partial charge on any atom is -0.371 e. The maximum Gasteiger partial charge on any atom is 0.0406 e. The number of rotatable bonds is 4. The van der Waals surface area contributed by atoms with Gasteiger partial charge in [0.2, 0.25) is 0 Å². The van der Waals surface area contributed by atoms with Gasteiger partial charge in [0.1, 0.15) is 0 Å². The summed E-state index contributed by atoms with van der Waals surface area (Å²) in [7, 11) is 0. The molecule has 0 spiro atoms. The molecule has 1 atom stereocenters. The van der Waals surface area contributed by atoms with Crippen LogP contribution in [0, 0.1) is 16.4 Å². The lowest BCUT2D eigenvalue weighted by Gasteiger charge is -2.21. The first kappa shape index (κ1) is 13.1. The second-order valence-electron chi connectivity index (χ2n) is 4.79.